The fourth-order valence-electron chi connectivity index (χ4n) is 3.11. The number of halogens is 1. The van der Waals surface area contributed by atoms with Crippen LogP contribution < -0.4 is 5.32 Å². The molecule has 0 bridgehead atoms. The lowest BCUT2D eigenvalue weighted by Crippen LogP contribution is -2.40. The molecule has 130 valence electrons. The summed E-state index contributed by atoms with van der Waals surface area (Å²) in [5.41, 5.74) is 2.74. The molecule has 1 aliphatic rings. The fraction of sp³-hybridized carbons (Fsp3) is 0.444. The summed E-state index contributed by atoms with van der Waals surface area (Å²) in [6.07, 6.45) is 6.81. The van der Waals surface area contributed by atoms with Crippen molar-refractivity contribution in [1.82, 2.24) is 19.8 Å². The number of nitrogens with one attached hydrogen (secondary N) is 1. The number of benzene rings is 1. The van der Waals surface area contributed by atoms with Gasteiger partial charge in [-0.2, -0.15) is 0 Å². The van der Waals surface area contributed by atoms with Gasteiger partial charge in [0.15, 0.2) is 5.96 Å². The topological polar surface area (TPSA) is 45.5 Å². The van der Waals surface area contributed by atoms with Gasteiger partial charge in [0.25, 0.3) is 0 Å². The second-order valence-electron chi connectivity index (χ2n) is 6.84. The van der Waals surface area contributed by atoms with Crippen LogP contribution in [0.3, 0.4) is 0 Å². The molecule has 0 atom stereocenters. The molecule has 1 aliphatic heterocycles. The summed E-state index contributed by atoms with van der Waals surface area (Å²) in [6.45, 7) is 7.49. The third-order valence-corrected chi connectivity index (χ3v) is 4.40. The minimum Gasteiger partial charge on any atom is -0.352 e. The van der Waals surface area contributed by atoms with E-state index in [0.29, 0.717) is 5.41 Å². The fourth-order valence-corrected chi connectivity index (χ4v) is 3.11. The average Bonchev–Trinajstić information content (AvgIpc) is 3.18. The van der Waals surface area contributed by atoms with Crippen LogP contribution in [-0.2, 0) is 6.54 Å². The molecule has 1 saturated heterocycles. The van der Waals surface area contributed by atoms with Crippen molar-refractivity contribution in [1.29, 1.82) is 0 Å². The van der Waals surface area contributed by atoms with E-state index in [0.717, 1.165) is 31.3 Å². The van der Waals surface area contributed by atoms with Gasteiger partial charge in [-0.15, -0.1) is 24.0 Å². The van der Waals surface area contributed by atoms with E-state index in [1.807, 2.05) is 24.1 Å². The van der Waals surface area contributed by atoms with E-state index in [2.05, 4.69) is 58.3 Å². The zero-order valence-electron chi connectivity index (χ0n) is 14.6. The lowest BCUT2D eigenvalue weighted by molar-refractivity contribution is 0.370. The Hall–Kier alpha value is -1.57. The minimum absolute atomic E-state index is 0. The Balaban J connectivity index is 0.00000208. The monoisotopic (exact) mass is 439 g/mol. The summed E-state index contributed by atoms with van der Waals surface area (Å²) in [7, 11) is 1.86. The standard InChI is InChI=1S/C18H25N5.HI/c1-18(2)8-10-22(13-18)17(19-3)21-12-15-6-4-5-7-16(15)23-11-9-20-14-23;/h4-7,9,11,14H,8,10,12-13H2,1-3H3,(H,19,21);1H. The van der Waals surface area contributed by atoms with E-state index >= 15 is 0 Å². The molecule has 1 aromatic heterocycles. The predicted octanol–water partition coefficient (Wildman–Crippen LogP) is 3.30. The molecule has 0 aliphatic carbocycles. The third-order valence-electron chi connectivity index (χ3n) is 4.40. The number of aliphatic imine (C=N–C) groups is 1. The van der Waals surface area contributed by atoms with Crippen molar-refractivity contribution in [2.24, 2.45) is 10.4 Å². The van der Waals surface area contributed by atoms with Crippen molar-refractivity contribution in [2.75, 3.05) is 20.1 Å². The van der Waals surface area contributed by atoms with Gasteiger partial charge in [0, 0.05) is 39.1 Å². The average molecular weight is 439 g/mol. The van der Waals surface area contributed by atoms with Crippen LogP contribution in [-0.4, -0.2) is 40.5 Å². The molecule has 5 nitrogen and oxygen atoms in total. The van der Waals surface area contributed by atoms with E-state index in [9.17, 15) is 0 Å². The lowest BCUT2D eigenvalue weighted by Gasteiger charge is -2.24. The second-order valence-corrected chi connectivity index (χ2v) is 6.84. The van der Waals surface area contributed by atoms with Crippen LogP contribution in [0.1, 0.15) is 25.8 Å². The number of guanidine groups is 1. The smallest absolute Gasteiger partial charge is 0.193 e. The van der Waals surface area contributed by atoms with Gasteiger partial charge < -0.3 is 14.8 Å². The second kappa shape index (κ2) is 8.00. The van der Waals surface area contributed by atoms with Gasteiger partial charge in [0.1, 0.15) is 0 Å². The Morgan fingerprint density at radius 1 is 1.33 bits per heavy atom. The maximum absolute atomic E-state index is 4.46. The summed E-state index contributed by atoms with van der Waals surface area (Å²) >= 11 is 0. The number of imidazole rings is 1. The van der Waals surface area contributed by atoms with Crippen molar-refractivity contribution in [3.05, 3.63) is 48.5 Å². The maximum atomic E-state index is 4.46. The molecule has 0 radical (unpaired) electrons. The Morgan fingerprint density at radius 2 is 2.12 bits per heavy atom. The zero-order chi connectivity index (χ0) is 16.3. The van der Waals surface area contributed by atoms with E-state index in [4.69, 9.17) is 0 Å². The van der Waals surface area contributed by atoms with E-state index in [-0.39, 0.29) is 24.0 Å². The maximum Gasteiger partial charge on any atom is 0.193 e. The molecule has 1 aromatic carbocycles. The predicted molar refractivity (Wildman–Crippen MR) is 109 cm³/mol. The number of para-hydroxylation sites is 1. The number of hydrogen-bond donors (Lipinski definition) is 1. The minimum atomic E-state index is 0. The summed E-state index contributed by atoms with van der Waals surface area (Å²) in [4.78, 5) is 10.9. The largest absolute Gasteiger partial charge is 0.352 e. The SMILES string of the molecule is CN=C(NCc1ccccc1-n1ccnc1)N1CCC(C)(C)C1.I. The summed E-state index contributed by atoms with van der Waals surface area (Å²) in [5, 5.41) is 3.51. The molecule has 2 aromatic rings. The van der Waals surface area contributed by atoms with Crippen LogP contribution in [0.5, 0.6) is 0 Å². The molecule has 24 heavy (non-hydrogen) atoms. The highest BCUT2D eigenvalue weighted by atomic mass is 127. The van der Waals surface area contributed by atoms with Crippen molar-refractivity contribution >= 4 is 29.9 Å². The van der Waals surface area contributed by atoms with E-state index < -0.39 is 0 Å². The third kappa shape index (κ3) is 4.28. The van der Waals surface area contributed by atoms with Crippen LogP contribution in [0.2, 0.25) is 0 Å². The highest BCUT2D eigenvalue weighted by molar-refractivity contribution is 14.0. The number of likely N-dealkylation sites (tertiary alicyclic amines) is 1. The molecule has 0 unspecified atom stereocenters. The molecule has 0 saturated carbocycles. The lowest BCUT2D eigenvalue weighted by atomic mass is 9.93. The first kappa shape index (κ1) is 18.8. The quantitative estimate of drug-likeness (QED) is 0.454. The molecule has 1 N–H and O–H groups in total. The molecule has 1 fully saturated rings. The van der Waals surface area contributed by atoms with Gasteiger partial charge in [-0.05, 0) is 23.5 Å². The van der Waals surface area contributed by atoms with Crippen molar-refractivity contribution < 1.29 is 0 Å². The number of hydrogen-bond acceptors (Lipinski definition) is 2. The number of rotatable bonds is 3. The van der Waals surface area contributed by atoms with Crippen LogP contribution in [0.15, 0.2) is 48.0 Å². The van der Waals surface area contributed by atoms with Crippen molar-refractivity contribution in [2.45, 2.75) is 26.8 Å². The Labute approximate surface area is 161 Å². The van der Waals surface area contributed by atoms with Crippen molar-refractivity contribution in [3.8, 4) is 5.69 Å². The summed E-state index contributed by atoms with van der Waals surface area (Å²) in [6, 6.07) is 8.37. The van der Waals surface area contributed by atoms with Crippen LogP contribution >= 0.6 is 24.0 Å². The Bertz CT molecular complexity index is 678. The Kier molecular flexibility index (Phi) is 6.26. The molecule has 0 amide bonds. The first-order valence-electron chi connectivity index (χ1n) is 8.11. The highest BCUT2D eigenvalue weighted by Gasteiger charge is 2.30. The first-order chi connectivity index (χ1) is 11.1. The summed E-state index contributed by atoms with van der Waals surface area (Å²) < 4.78 is 2.04. The van der Waals surface area contributed by atoms with Gasteiger partial charge in [-0.3, -0.25) is 4.99 Å². The van der Waals surface area contributed by atoms with Gasteiger partial charge in [0.2, 0.25) is 0 Å². The molecule has 0 spiro atoms. The van der Waals surface area contributed by atoms with Crippen LogP contribution in [0, 0.1) is 5.41 Å². The van der Waals surface area contributed by atoms with Crippen LogP contribution in [0.4, 0.5) is 0 Å². The van der Waals surface area contributed by atoms with E-state index in [1.54, 1.807) is 6.20 Å². The number of aromatic nitrogens is 2. The van der Waals surface area contributed by atoms with Gasteiger partial charge in [-0.1, -0.05) is 32.0 Å². The Morgan fingerprint density at radius 3 is 2.75 bits per heavy atom. The van der Waals surface area contributed by atoms with Crippen molar-refractivity contribution in [3.63, 3.8) is 0 Å². The highest BCUT2D eigenvalue weighted by Crippen LogP contribution is 2.28. The molecule has 6 heteroatoms. The molecular weight excluding hydrogens is 413 g/mol. The van der Waals surface area contributed by atoms with E-state index in [1.165, 1.54) is 12.0 Å². The normalized spacial score (nSPS) is 16.8. The summed E-state index contributed by atoms with van der Waals surface area (Å²) in [5.74, 6) is 0.982. The molecular formula is C18H26IN5. The molecule has 2 heterocycles. The van der Waals surface area contributed by atoms with Gasteiger partial charge in [0.05, 0.1) is 12.0 Å². The molecule has 3 rings (SSSR count). The zero-order valence-corrected chi connectivity index (χ0v) is 16.9. The van der Waals surface area contributed by atoms with Gasteiger partial charge >= 0.3 is 0 Å². The number of nitrogens with zero attached hydrogens (tertiary/aromatic N) is 4. The first-order valence-corrected chi connectivity index (χ1v) is 8.11. The van der Waals surface area contributed by atoms with Gasteiger partial charge in [-0.25, -0.2) is 4.98 Å². The van der Waals surface area contributed by atoms with Crippen LogP contribution in [0.25, 0.3) is 5.69 Å².